The normalized spacial score (nSPS) is 13.5. The van der Waals surface area contributed by atoms with Crippen LogP contribution in [-0.4, -0.2) is 17.9 Å². The summed E-state index contributed by atoms with van der Waals surface area (Å²) >= 11 is 0. The van der Waals surface area contributed by atoms with Gasteiger partial charge in [0, 0.05) is 6.54 Å². The third kappa shape index (κ3) is 6.01. The molecule has 0 amide bonds. The van der Waals surface area contributed by atoms with Gasteiger partial charge in [0.25, 0.3) is 0 Å². The Morgan fingerprint density at radius 1 is 1.50 bits per heavy atom. The summed E-state index contributed by atoms with van der Waals surface area (Å²) in [4.78, 5) is 4.80. The lowest BCUT2D eigenvalue weighted by molar-refractivity contribution is -0.147. The van der Waals surface area contributed by atoms with Gasteiger partial charge in [0.15, 0.2) is 6.29 Å². The number of aliphatic hydroxyl groups excluding tert-OH is 1. The molecule has 0 saturated heterocycles. The van der Waals surface area contributed by atoms with E-state index >= 15 is 0 Å². The molecule has 0 aromatic heterocycles. The van der Waals surface area contributed by atoms with Crippen molar-refractivity contribution in [3.05, 3.63) is 0 Å². The molecule has 0 fully saturated rings. The molecule has 0 aromatic carbocycles. The standard InChI is InChI=1S/C7H17NO2/c1-3-5-6-8-10-7(9)4-2/h7-9H,3-6H2,1-2H3/t7-/m1/s1. The van der Waals surface area contributed by atoms with Crippen LogP contribution < -0.4 is 5.48 Å². The number of hydrogen-bond donors (Lipinski definition) is 2. The van der Waals surface area contributed by atoms with Gasteiger partial charge in [0.1, 0.15) is 0 Å². The summed E-state index contributed by atoms with van der Waals surface area (Å²) in [5, 5.41) is 8.87. The average Bonchev–Trinajstić information content (AvgIpc) is 1.98. The minimum atomic E-state index is -0.656. The Labute approximate surface area is 62.3 Å². The SMILES string of the molecule is CCCCNO[C@@H](O)CC. The Kier molecular flexibility index (Phi) is 6.91. The molecule has 0 rings (SSSR count). The van der Waals surface area contributed by atoms with Gasteiger partial charge in [-0.1, -0.05) is 20.3 Å². The van der Waals surface area contributed by atoms with E-state index in [4.69, 9.17) is 9.94 Å². The third-order valence-electron chi connectivity index (χ3n) is 1.20. The topological polar surface area (TPSA) is 41.5 Å². The molecule has 0 aliphatic rings. The van der Waals surface area contributed by atoms with Gasteiger partial charge in [-0.25, -0.2) is 0 Å². The molecule has 3 heteroatoms. The first-order chi connectivity index (χ1) is 4.81. The monoisotopic (exact) mass is 147 g/mol. The molecule has 0 spiro atoms. The predicted molar refractivity (Wildman–Crippen MR) is 40.3 cm³/mol. The second-order valence-electron chi connectivity index (χ2n) is 2.23. The first-order valence-electron chi connectivity index (χ1n) is 3.87. The van der Waals surface area contributed by atoms with Gasteiger partial charge in [-0.05, 0) is 12.8 Å². The van der Waals surface area contributed by atoms with E-state index in [1.807, 2.05) is 6.92 Å². The molecule has 0 saturated carbocycles. The van der Waals surface area contributed by atoms with Gasteiger partial charge < -0.3 is 5.11 Å². The zero-order chi connectivity index (χ0) is 7.82. The molecule has 1 atom stereocenters. The van der Waals surface area contributed by atoms with Crippen LogP contribution in [0, 0.1) is 0 Å². The number of rotatable bonds is 6. The fourth-order valence-electron chi connectivity index (χ4n) is 0.487. The van der Waals surface area contributed by atoms with Crippen molar-refractivity contribution in [1.82, 2.24) is 5.48 Å². The molecule has 0 aliphatic carbocycles. The molecule has 0 aromatic rings. The van der Waals surface area contributed by atoms with Crippen LogP contribution in [0.4, 0.5) is 0 Å². The average molecular weight is 147 g/mol. The van der Waals surface area contributed by atoms with Crippen LogP contribution >= 0.6 is 0 Å². The molecule has 0 radical (unpaired) electrons. The lowest BCUT2D eigenvalue weighted by atomic mass is 10.3. The number of aliphatic hydroxyl groups is 1. The fraction of sp³-hybridized carbons (Fsp3) is 1.00. The minimum Gasteiger partial charge on any atom is -0.366 e. The summed E-state index contributed by atoms with van der Waals surface area (Å²) < 4.78 is 0. The molecule has 2 N–H and O–H groups in total. The largest absolute Gasteiger partial charge is 0.366 e. The van der Waals surface area contributed by atoms with Gasteiger partial charge in [0.05, 0.1) is 0 Å². The Morgan fingerprint density at radius 2 is 2.20 bits per heavy atom. The Morgan fingerprint density at radius 3 is 2.70 bits per heavy atom. The maximum absolute atomic E-state index is 8.87. The van der Waals surface area contributed by atoms with Crippen molar-refractivity contribution in [3.8, 4) is 0 Å². The molecule has 0 unspecified atom stereocenters. The highest BCUT2D eigenvalue weighted by Crippen LogP contribution is 1.89. The summed E-state index contributed by atoms with van der Waals surface area (Å²) in [6.45, 7) is 4.79. The first kappa shape index (κ1) is 9.88. The van der Waals surface area contributed by atoms with Crippen LogP contribution in [0.3, 0.4) is 0 Å². The van der Waals surface area contributed by atoms with E-state index < -0.39 is 6.29 Å². The number of unbranched alkanes of at least 4 members (excludes halogenated alkanes) is 1. The lowest BCUT2D eigenvalue weighted by Gasteiger charge is -2.08. The molecule has 0 aliphatic heterocycles. The Hall–Kier alpha value is -0.120. The van der Waals surface area contributed by atoms with Gasteiger partial charge in [-0.3, -0.25) is 4.84 Å². The quantitative estimate of drug-likeness (QED) is 0.335. The molecule has 62 valence electrons. The van der Waals surface area contributed by atoms with Crippen LogP contribution in [0.2, 0.25) is 0 Å². The van der Waals surface area contributed by atoms with E-state index in [0.717, 1.165) is 19.4 Å². The number of hydrogen-bond acceptors (Lipinski definition) is 3. The van der Waals surface area contributed by atoms with Crippen LogP contribution in [-0.2, 0) is 4.84 Å². The van der Waals surface area contributed by atoms with Crippen molar-refractivity contribution in [1.29, 1.82) is 0 Å². The third-order valence-corrected chi connectivity index (χ3v) is 1.20. The molecular weight excluding hydrogens is 130 g/mol. The Bertz CT molecular complexity index is 68.6. The highest BCUT2D eigenvalue weighted by molar-refractivity contribution is 4.35. The van der Waals surface area contributed by atoms with Crippen LogP contribution in [0.1, 0.15) is 33.1 Å². The zero-order valence-electron chi connectivity index (χ0n) is 6.76. The first-order valence-corrected chi connectivity index (χ1v) is 3.87. The molecule has 10 heavy (non-hydrogen) atoms. The smallest absolute Gasteiger partial charge is 0.174 e. The van der Waals surface area contributed by atoms with Crippen LogP contribution in [0.5, 0.6) is 0 Å². The van der Waals surface area contributed by atoms with Crippen molar-refractivity contribution >= 4 is 0 Å². The van der Waals surface area contributed by atoms with E-state index in [-0.39, 0.29) is 0 Å². The maximum atomic E-state index is 8.87. The van der Waals surface area contributed by atoms with Gasteiger partial charge in [-0.15, -0.1) is 0 Å². The van der Waals surface area contributed by atoms with Gasteiger partial charge >= 0.3 is 0 Å². The number of nitrogens with one attached hydrogen (secondary N) is 1. The molecule has 0 bridgehead atoms. The van der Waals surface area contributed by atoms with E-state index in [1.54, 1.807) is 0 Å². The molecule has 3 nitrogen and oxygen atoms in total. The van der Waals surface area contributed by atoms with Gasteiger partial charge in [0.2, 0.25) is 0 Å². The second-order valence-corrected chi connectivity index (χ2v) is 2.23. The highest BCUT2D eigenvalue weighted by Gasteiger charge is 1.97. The van der Waals surface area contributed by atoms with Crippen molar-refractivity contribution in [2.45, 2.75) is 39.4 Å². The summed E-state index contributed by atoms with van der Waals surface area (Å²) in [5.41, 5.74) is 2.69. The fourth-order valence-corrected chi connectivity index (χ4v) is 0.487. The second kappa shape index (κ2) is 6.99. The van der Waals surface area contributed by atoms with Crippen molar-refractivity contribution in [2.24, 2.45) is 0 Å². The van der Waals surface area contributed by atoms with Crippen molar-refractivity contribution in [2.75, 3.05) is 6.54 Å². The Balaban J connectivity index is 2.89. The van der Waals surface area contributed by atoms with E-state index in [0.29, 0.717) is 6.42 Å². The summed E-state index contributed by atoms with van der Waals surface area (Å²) in [6, 6.07) is 0. The van der Waals surface area contributed by atoms with Crippen LogP contribution in [0.15, 0.2) is 0 Å². The predicted octanol–water partition coefficient (Wildman–Crippen LogP) is 1.04. The van der Waals surface area contributed by atoms with Crippen LogP contribution in [0.25, 0.3) is 0 Å². The minimum absolute atomic E-state index is 0.624. The van der Waals surface area contributed by atoms with Gasteiger partial charge in [-0.2, -0.15) is 5.48 Å². The number of hydroxylamine groups is 1. The van der Waals surface area contributed by atoms with E-state index in [1.165, 1.54) is 0 Å². The van der Waals surface area contributed by atoms with Crippen molar-refractivity contribution in [3.63, 3.8) is 0 Å². The highest BCUT2D eigenvalue weighted by atomic mass is 16.7. The van der Waals surface area contributed by atoms with E-state index in [9.17, 15) is 0 Å². The summed E-state index contributed by atoms with van der Waals surface area (Å²) in [6.07, 6.45) is 2.19. The summed E-state index contributed by atoms with van der Waals surface area (Å²) in [7, 11) is 0. The van der Waals surface area contributed by atoms with Crippen molar-refractivity contribution < 1.29 is 9.94 Å². The molecular formula is C7H17NO2. The maximum Gasteiger partial charge on any atom is 0.174 e. The lowest BCUT2D eigenvalue weighted by Crippen LogP contribution is -2.23. The van der Waals surface area contributed by atoms with E-state index in [2.05, 4.69) is 12.4 Å². The molecule has 0 heterocycles. The zero-order valence-corrected chi connectivity index (χ0v) is 6.76. The summed E-state index contributed by atoms with van der Waals surface area (Å²) in [5.74, 6) is 0.